The van der Waals surface area contributed by atoms with Crippen molar-refractivity contribution in [1.29, 1.82) is 0 Å². The zero-order chi connectivity index (χ0) is 27.4. The van der Waals surface area contributed by atoms with Crippen molar-refractivity contribution < 1.29 is 19.4 Å². The van der Waals surface area contributed by atoms with Gasteiger partial charge >= 0.3 is 0 Å². The molecule has 0 aliphatic carbocycles. The first kappa shape index (κ1) is 29.2. The Bertz CT molecular complexity index is 1580. The summed E-state index contributed by atoms with van der Waals surface area (Å²) in [6.07, 6.45) is 0.123. The molecular weight excluding hydrogens is 524 g/mol. The van der Waals surface area contributed by atoms with Crippen LogP contribution in [0.5, 0.6) is 17.2 Å². The van der Waals surface area contributed by atoms with Crippen LogP contribution in [0.4, 0.5) is 0 Å². The summed E-state index contributed by atoms with van der Waals surface area (Å²) < 4.78 is 12.0. The Labute approximate surface area is 240 Å². The highest BCUT2D eigenvalue weighted by molar-refractivity contribution is 6.10. The van der Waals surface area contributed by atoms with Gasteiger partial charge < -0.3 is 24.9 Å². The minimum absolute atomic E-state index is 0. The molecule has 3 N–H and O–H groups in total. The van der Waals surface area contributed by atoms with Gasteiger partial charge in [-0.1, -0.05) is 36.4 Å². The van der Waals surface area contributed by atoms with Gasteiger partial charge in [0.15, 0.2) is 5.78 Å². The Morgan fingerprint density at radius 3 is 2.25 bits per heavy atom. The van der Waals surface area contributed by atoms with Crippen molar-refractivity contribution in [2.75, 3.05) is 13.2 Å². The van der Waals surface area contributed by atoms with E-state index < -0.39 is 6.10 Å². The van der Waals surface area contributed by atoms with E-state index in [9.17, 15) is 9.90 Å². The van der Waals surface area contributed by atoms with Crippen molar-refractivity contribution >= 4 is 40.0 Å². The second-order valence-corrected chi connectivity index (χ2v) is 10.6. The normalized spacial score (nSPS) is 12.2. The number of halogens is 1. The third-order valence-electron chi connectivity index (χ3n) is 6.81. The number of Topliss-reactive ketones (excluding diaryl/α,β-unsaturated/α-hetero) is 1. The van der Waals surface area contributed by atoms with Gasteiger partial charge in [0.2, 0.25) is 0 Å². The second kappa shape index (κ2) is 12.6. The number of benzene rings is 4. The summed E-state index contributed by atoms with van der Waals surface area (Å²) in [5, 5.41) is 16.3. The van der Waals surface area contributed by atoms with Crippen LogP contribution >= 0.6 is 12.4 Å². The maximum absolute atomic E-state index is 11.4. The summed E-state index contributed by atoms with van der Waals surface area (Å²) in [6.45, 7) is 6.39. The van der Waals surface area contributed by atoms with Gasteiger partial charge in [-0.2, -0.15) is 0 Å². The smallest absolute Gasteiger partial charge is 0.159 e. The number of ketones is 1. The predicted molar refractivity (Wildman–Crippen MR) is 163 cm³/mol. The van der Waals surface area contributed by atoms with Crippen LogP contribution in [0.2, 0.25) is 0 Å². The van der Waals surface area contributed by atoms with E-state index >= 15 is 0 Å². The number of fused-ring (bicyclic) bond motifs is 3. The van der Waals surface area contributed by atoms with E-state index in [4.69, 9.17) is 9.47 Å². The van der Waals surface area contributed by atoms with Crippen molar-refractivity contribution in [3.8, 4) is 17.2 Å². The third kappa shape index (κ3) is 7.02. The number of carbonyl (C=O) groups excluding carboxylic acids is 1. The van der Waals surface area contributed by atoms with Crippen molar-refractivity contribution in [2.24, 2.45) is 0 Å². The molecule has 40 heavy (non-hydrogen) atoms. The van der Waals surface area contributed by atoms with Crippen LogP contribution in [0.25, 0.3) is 21.8 Å². The fourth-order valence-corrected chi connectivity index (χ4v) is 4.77. The third-order valence-corrected chi connectivity index (χ3v) is 6.81. The molecule has 0 spiro atoms. The van der Waals surface area contributed by atoms with Gasteiger partial charge in [-0.15, -0.1) is 12.4 Å². The molecule has 4 aromatic carbocycles. The summed E-state index contributed by atoms with van der Waals surface area (Å²) in [4.78, 5) is 14.9. The van der Waals surface area contributed by atoms with Crippen LogP contribution in [-0.2, 0) is 6.42 Å². The summed E-state index contributed by atoms with van der Waals surface area (Å²) in [6, 6.07) is 29.2. The van der Waals surface area contributed by atoms with Crippen LogP contribution in [0.15, 0.2) is 91.0 Å². The molecule has 0 amide bonds. The molecule has 0 aliphatic heterocycles. The molecule has 5 aromatic rings. The van der Waals surface area contributed by atoms with E-state index in [0.717, 1.165) is 45.3 Å². The number of hydrogen-bond acceptors (Lipinski definition) is 5. The maximum atomic E-state index is 11.4. The van der Waals surface area contributed by atoms with E-state index in [0.29, 0.717) is 17.9 Å². The van der Waals surface area contributed by atoms with Crippen molar-refractivity contribution in [3.63, 3.8) is 0 Å². The van der Waals surface area contributed by atoms with Gasteiger partial charge in [0.25, 0.3) is 0 Å². The number of aliphatic hydroxyl groups is 1. The van der Waals surface area contributed by atoms with Crippen LogP contribution in [0.3, 0.4) is 0 Å². The number of hydrogen-bond donors (Lipinski definition) is 3. The first-order chi connectivity index (χ1) is 18.8. The number of aromatic nitrogens is 1. The highest BCUT2D eigenvalue weighted by Gasteiger charge is 2.20. The molecular formula is C33H35ClN2O4. The molecule has 1 aromatic heterocycles. The number of ether oxygens (including phenoxy) is 2. The van der Waals surface area contributed by atoms with Crippen LogP contribution in [-0.4, -0.2) is 40.7 Å². The number of nitrogens with one attached hydrogen (secondary N) is 2. The molecule has 208 valence electrons. The van der Waals surface area contributed by atoms with Gasteiger partial charge in [0, 0.05) is 33.9 Å². The Morgan fingerprint density at radius 1 is 0.900 bits per heavy atom. The van der Waals surface area contributed by atoms with E-state index in [2.05, 4.69) is 36.3 Å². The molecule has 0 unspecified atom stereocenters. The van der Waals surface area contributed by atoms with E-state index in [1.165, 1.54) is 0 Å². The Morgan fingerprint density at radius 2 is 1.55 bits per heavy atom. The van der Waals surface area contributed by atoms with Gasteiger partial charge in [-0.3, -0.25) is 4.79 Å². The van der Waals surface area contributed by atoms with Crippen LogP contribution in [0.1, 0.15) is 36.7 Å². The summed E-state index contributed by atoms with van der Waals surface area (Å²) in [7, 11) is 0. The van der Waals surface area contributed by atoms with Gasteiger partial charge in [0.1, 0.15) is 30.0 Å². The zero-order valence-corrected chi connectivity index (χ0v) is 23.8. The van der Waals surface area contributed by atoms with Crippen LogP contribution in [0, 0.1) is 0 Å². The summed E-state index contributed by atoms with van der Waals surface area (Å²) in [5.74, 6) is 2.22. The van der Waals surface area contributed by atoms with E-state index in [-0.39, 0.29) is 30.3 Å². The molecule has 0 radical (unpaired) electrons. The van der Waals surface area contributed by atoms with E-state index in [1.807, 2.05) is 54.6 Å². The highest BCUT2D eigenvalue weighted by Crippen LogP contribution is 2.33. The predicted octanol–water partition coefficient (Wildman–Crippen LogP) is 7.09. The average Bonchev–Trinajstić information content (AvgIpc) is 3.31. The van der Waals surface area contributed by atoms with Gasteiger partial charge in [-0.25, -0.2) is 0 Å². The minimum Gasteiger partial charge on any atom is -0.490 e. The average molecular weight is 559 g/mol. The molecule has 7 heteroatoms. The van der Waals surface area contributed by atoms with E-state index in [1.54, 1.807) is 31.2 Å². The Balaban J connectivity index is 0.00000370. The Kier molecular flexibility index (Phi) is 9.15. The van der Waals surface area contributed by atoms with Gasteiger partial charge in [-0.05, 0) is 87.4 Å². The maximum Gasteiger partial charge on any atom is 0.159 e. The fraction of sp³-hybridized carbons (Fsp3) is 0.242. The Hall–Kier alpha value is -3.84. The second-order valence-electron chi connectivity index (χ2n) is 10.6. The molecule has 0 aliphatic rings. The zero-order valence-electron chi connectivity index (χ0n) is 22.9. The number of aromatic amines is 1. The van der Waals surface area contributed by atoms with Crippen molar-refractivity contribution in [2.45, 2.75) is 38.8 Å². The quantitative estimate of drug-likeness (QED) is 0.151. The highest BCUT2D eigenvalue weighted by atomic mass is 35.5. The number of H-pyrrole nitrogens is 1. The molecule has 1 atom stereocenters. The SMILES string of the molecule is CC(=O)c1ccc(Oc2ccc(CC(C)(C)NC[C@H](O)COc3cccc4[nH]c5ccccc5c34)cc2)cc1.Cl. The topological polar surface area (TPSA) is 83.6 Å². The first-order valence-corrected chi connectivity index (χ1v) is 13.2. The molecule has 5 rings (SSSR count). The lowest BCUT2D eigenvalue weighted by atomic mass is 9.94. The molecule has 0 fully saturated rings. The number of carbonyl (C=O) groups is 1. The monoisotopic (exact) mass is 558 g/mol. The lowest BCUT2D eigenvalue weighted by Crippen LogP contribution is -2.46. The van der Waals surface area contributed by atoms with Crippen molar-refractivity contribution in [3.05, 3.63) is 102 Å². The molecule has 0 saturated carbocycles. The molecule has 1 heterocycles. The number of aliphatic hydroxyl groups excluding tert-OH is 1. The summed E-state index contributed by atoms with van der Waals surface area (Å²) >= 11 is 0. The minimum atomic E-state index is -0.657. The fourth-order valence-electron chi connectivity index (χ4n) is 4.77. The standard InChI is InChI=1S/C33H34N2O4.ClH/c1-22(36)24-13-17-27(18-14-24)39-26-15-11-23(12-16-26)19-33(2,3)34-20-25(37)21-38-31-10-6-9-30-32(31)28-7-4-5-8-29(28)35-30;/h4-18,25,34-35,37H,19-21H2,1-3H3;1H/t25-;/m0./s1. The van der Waals surface area contributed by atoms with Gasteiger partial charge in [0.05, 0.1) is 5.52 Å². The molecule has 0 bridgehead atoms. The molecule has 0 saturated heterocycles. The lowest BCUT2D eigenvalue weighted by molar-refractivity contribution is 0.0996. The first-order valence-electron chi connectivity index (χ1n) is 13.2. The largest absolute Gasteiger partial charge is 0.490 e. The van der Waals surface area contributed by atoms with Crippen molar-refractivity contribution in [1.82, 2.24) is 10.3 Å². The number of β-amino-alcohol motifs (C(OH)–C–C–N with tert-alkyl or cyclic N) is 1. The lowest BCUT2D eigenvalue weighted by Gasteiger charge is -2.28. The number of para-hydroxylation sites is 1. The number of rotatable bonds is 11. The summed E-state index contributed by atoms with van der Waals surface area (Å²) in [5.41, 5.74) is 3.67. The van der Waals surface area contributed by atoms with Crippen LogP contribution < -0.4 is 14.8 Å². The molecule has 6 nitrogen and oxygen atoms in total.